The maximum Gasteiger partial charge on any atom is 0.230 e. The first-order valence-corrected chi connectivity index (χ1v) is 12.7. The predicted octanol–water partition coefficient (Wildman–Crippen LogP) is 5.68. The second-order valence-electron chi connectivity index (χ2n) is 10.9. The number of aromatic nitrogens is 2. The summed E-state index contributed by atoms with van der Waals surface area (Å²) in [6.45, 7) is 2.14. The Balaban J connectivity index is 1.17. The maximum absolute atomic E-state index is 13.4. The van der Waals surface area contributed by atoms with Crippen LogP contribution in [0.5, 0.6) is 0 Å². The lowest BCUT2D eigenvalue weighted by Gasteiger charge is -2.55. The minimum Gasteiger partial charge on any atom is -0.355 e. The van der Waals surface area contributed by atoms with Crippen LogP contribution in [0, 0.1) is 23.2 Å². The van der Waals surface area contributed by atoms with Gasteiger partial charge in [-0.15, -0.1) is 10.2 Å². The molecule has 2 heterocycles. The quantitative estimate of drug-likeness (QED) is 0.678. The Bertz CT molecular complexity index is 942. The predicted molar refractivity (Wildman–Crippen MR) is 127 cm³/mol. The summed E-state index contributed by atoms with van der Waals surface area (Å²) in [4.78, 5) is 15.8. The van der Waals surface area contributed by atoms with Gasteiger partial charge in [-0.05, 0) is 93.4 Å². The molecule has 5 aliphatic rings. The molecule has 1 aromatic carbocycles. The molecule has 5 nitrogen and oxygen atoms in total. The molecule has 5 fully saturated rings. The number of carbonyl (C=O) groups excluding carboxylic acids is 1. The van der Waals surface area contributed by atoms with Gasteiger partial charge in [-0.25, -0.2) is 0 Å². The fraction of sp³-hybridized carbons (Fsp3) is 0.593. The summed E-state index contributed by atoms with van der Waals surface area (Å²) in [5.41, 5.74) is 2.61. The van der Waals surface area contributed by atoms with Gasteiger partial charge in [0.25, 0.3) is 0 Å². The van der Waals surface area contributed by atoms with E-state index in [-0.39, 0.29) is 11.3 Å². The van der Waals surface area contributed by atoms with E-state index in [4.69, 9.17) is 0 Å². The first-order chi connectivity index (χ1) is 15.7. The average Bonchev–Trinajstić information content (AvgIpc) is 3.08. The van der Waals surface area contributed by atoms with E-state index in [0.29, 0.717) is 0 Å². The van der Waals surface area contributed by atoms with Crippen molar-refractivity contribution in [1.82, 2.24) is 10.2 Å². The highest BCUT2D eigenvalue weighted by atomic mass is 16.2. The second-order valence-corrected chi connectivity index (χ2v) is 10.9. The highest BCUT2D eigenvalue weighted by Crippen LogP contribution is 2.60. The Morgan fingerprint density at radius 2 is 1.56 bits per heavy atom. The molecule has 5 heteroatoms. The van der Waals surface area contributed by atoms with Crippen LogP contribution in [0.15, 0.2) is 36.4 Å². The van der Waals surface area contributed by atoms with Crippen molar-refractivity contribution in [3.63, 3.8) is 0 Å². The number of amides is 1. The molecule has 32 heavy (non-hydrogen) atoms. The van der Waals surface area contributed by atoms with Crippen molar-refractivity contribution in [1.29, 1.82) is 0 Å². The van der Waals surface area contributed by atoms with Crippen LogP contribution in [0.1, 0.15) is 64.2 Å². The number of anilines is 2. The number of hydrogen-bond donors (Lipinski definition) is 1. The maximum atomic E-state index is 13.4. The van der Waals surface area contributed by atoms with E-state index >= 15 is 0 Å². The Hall–Kier alpha value is -2.43. The van der Waals surface area contributed by atoms with Gasteiger partial charge in [0.15, 0.2) is 5.82 Å². The summed E-state index contributed by atoms with van der Waals surface area (Å²) in [5.74, 6) is 3.54. The largest absolute Gasteiger partial charge is 0.355 e. The van der Waals surface area contributed by atoms with E-state index in [2.05, 4.69) is 38.6 Å². The number of nitrogens with one attached hydrogen (secondary N) is 1. The first-order valence-electron chi connectivity index (χ1n) is 12.7. The molecule has 0 atom stereocenters. The van der Waals surface area contributed by atoms with Crippen molar-refractivity contribution in [3.05, 3.63) is 36.4 Å². The number of nitrogens with zero attached hydrogens (tertiary/aromatic N) is 3. The summed E-state index contributed by atoms with van der Waals surface area (Å²) in [6, 6.07) is 12.3. The van der Waals surface area contributed by atoms with E-state index < -0.39 is 0 Å². The molecule has 1 aliphatic heterocycles. The normalized spacial score (nSPS) is 31.4. The van der Waals surface area contributed by atoms with Gasteiger partial charge in [-0.1, -0.05) is 25.0 Å². The monoisotopic (exact) mass is 430 g/mol. The third kappa shape index (κ3) is 3.80. The molecule has 4 aliphatic carbocycles. The minimum absolute atomic E-state index is 0.126. The van der Waals surface area contributed by atoms with E-state index in [1.54, 1.807) is 0 Å². The lowest BCUT2D eigenvalue weighted by molar-refractivity contribution is -0.140. The zero-order chi connectivity index (χ0) is 21.5. The second kappa shape index (κ2) is 8.17. The Kier molecular flexibility index (Phi) is 5.15. The van der Waals surface area contributed by atoms with Gasteiger partial charge in [0, 0.05) is 24.3 Å². The molecule has 168 valence electrons. The molecule has 4 saturated carbocycles. The molecule has 1 N–H and O–H groups in total. The Morgan fingerprint density at radius 1 is 0.875 bits per heavy atom. The lowest BCUT2D eigenvalue weighted by Crippen LogP contribution is -2.51. The third-order valence-corrected chi connectivity index (χ3v) is 8.52. The molecule has 0 radical (unpaired) electrons. The highest BCUT2D eigenvalue weighted by molar-refractivity contribution is 5.96. The summed E-state index contributed by atoms with van der Waals surface area (Å²) < 4.78 is 0. The number of rotatable bonds is 4. The van der Waals surface area contributed by atoms with Crippen molar-refractivity contribution in [3.8, 4) is 11.3 Å². The van der Waals surface area contributed by atoms with Crippen LogP contribution in [0.4, 0.5) is 11.5 Å². The standard InChI is InChI=1S/C27H34N4O/c32-26(27-16-19-12-20(17-27)14-21(13-19)18-27)28-23-7-5-6-22(15-23)24-8-9-25(30-29-24)31-10-3-1-2-4-11-31/h5-9,15,19-21H,1-4,10-14,16-18H2,(H,28,32). The zero-order valence-electron chi connectivity index (χ0n) is 18.9. The fourth-order valence-corrected chi connectivity index (χ4v) is 7.36. The number of carbonyl (C=O) groups is 1. The third-order valence-electron chi connectivity index (χ3n) is 8.52. The number of hydrogen-bond acceptors (Lipinski definition) is 4. The topological polar surface area (TPSA) is 58.1 Å². The molecule has 2 aromatic rings. The lowest BCUT2D eigenvalue weighted by atomic mass is 9.49. The molecule has 4 bridgehead atoms. The van der Waals surface area contributed by atoms with Crippen molar-refractivity contribution in [2.75, 3.05) is 23.3 Å². The molecule has 0 unspecified atom stereocenters. The molecule has 0 spiro atoms. The van der Waals surface area contributed by atoms with Crippen molar-refractivity contribution < 1.29 is 4.79 Å². The fourth-order valence-electron chi connectivity index (χ4n) is 7.36. The summed E-state index contributed by atoms with van der Waals surface area (Å²) in [6.07, 6.45) is 12.4. The van der Waals surface area contributed by atoms with E-state index in [0.717, 1.165) is 72.9 Å². The molecule has 7 rings (SSSR count). The SMILES string of the molecule is O=C(Nc1cccc(-c2ccc(N3CCCCCC3)nn2)c1)C12CC3CC(CC(C3)C1)C2. The van der Waals surface area contributed by atoms with Gasteiger partial charge < -0.3 is 10.2 Å². The average molecular weight is 431 g/mol. The summed E-state index contributed by atoms with van der Waals surface area (Å²) in [7, 11) is 0. The van der Waals surface area contributed by atoms with Crippen molar-refractivity contribution in [2.45, 2.75) is 64.2 Å². The van der Waals surface area contributed by atoms with Crippen molar-refractivity contribution >= 4 is 17.4 Å². The highest BCUT2D eigenvalue weighted by Gasteiger charge is 2.54. The van der Waals surface area contributed by atoms with E-state index in [1.165, 1.54) is 44.9 Å². The molecular formula is C27H34N4O. The van der Waals surface area contributed by atoms with Gasteiger partial charge in [0.2, 0.25) is 5.91 Å². The van der Waals surface area contributed by atoms with Crippen LogP contribution in [-0.2, 0) is 4.79 Å². The smallest absolute Gasteiger partial charge is 0.230 e. The molecule has 1 aromatic heterocycles. The molecule has 1 amide bonds. The minimum atomic E-state index is -0.126. The van der Waals surface area contributed by atoms with E-state index in [1.807, 2.05) is 18.2 Å². The summed E-state index contributed by atoms with van der Waals surface area (Å²) >= 11 is 0. The zero-order valence-corrected chi connectivity index (χ0v) is 18.9. The van der Waals surface area contributed by atoms with Crippen LogP contribution in [0.3, 0.4) is 0 Å². The van der Waals surface area contributed by atoms with Crippen LogP contribution in [-0.4, -0.2) is 29.2 Å². The Labute approximate surface area is 191 Å². The van der Waals surface area contributed by atoms with Gasteiger partial charge >= 0.3 is 0 Å². The van der Waals surface area contributed by atoms with Crippen LogP contribution in [0.25, 0.3) is 11.3 Å². The van der Waals surface area contributed by atoms with Crippen LogP contribution >= 0.6 is 0 Å². The van der Waals surface area contributed by atoms with Gasteiger partial charge in [-0.2, -0.15) is 0 Å². The van der Waals surface area contributed by atoms with Crippen LogP contribution < -0.4 is 10.2 Å². The van der Waals surface area contributed by atoms with Crippen molar-refractivity contribution in [2.24, 2.45) is 23.2 Å². The summed E-state index contributed by atoms with van der Waals surface area (Å²) in [5, 5.41) is 12.3. The van der Waals surface area contributed by atoms with Crippen LogP contribution in [0.2, 0.25) is 0 Å². The molecule has 1 saturated heterocycles. The van der Waals surface area contributed by atoms with Gasteiger partial charge in [0.05, 0.1) is 11.1 Å². The van der Waals surface area contributed by atoms with Gasteiger partial charge in [0.1, 0.15) is 0 Å². The van der Waals surface area contributed by atoms with E-state index in [9.17, 15) is 4.79 Å². The Morgan fingerprint density at radius 3 is 2.19 bits per heavy atom. The number of benzene rings is 1. The molecular weight excluding hydrogens is 396 g/mol. The van der Waals surface area contributed by atoms with Gasteiger partial charge in [-0.3, -0.25) is 4.79 Å². The first kappa shape index (κ1) is 20.2.